The van der Waals surface area contributed by atoms with E-state index in [1.54, 1.807) is 4.90 Å². The third-order valence-electron chi connectivity index (χ3n) is 4.58. The molecule has 120 valence electrons. The van der Waals surface area contributed by atoms with Gasteiger partial charge in [-0.25, -0.2) is 0 Å². The maximum atomic E-state index is 12.5. The standard InChI is InChI=1S/C16H27NO4/c18-15(11-13-5-2-1-3-6-13)17(9-8-16(19)20)12-14-7-4-10-21-14/h13-14H,1-12H2,(H,19,20). The van der Waals surface area contributed by atoms with Crippen molar-refractivity contribution in [2.45, 2.75) is 63.9 Å². The number of amides is 1. The van der Waals surface area contributed by atoms with E-state index in [9.17, 15) is 9.59 Å². The summed E-state index contributed by atoms with van der Waals surface area (Å²) < 4.78 is 5.59. The highest BCUT2D eigenvalue weighted by Gasteiger charge is 2.25. The Hall–Kier alpha value is -1.10. The summed E-state index contributed by atoms with van der Waals surface area (Å²) in [6, 6.07) is 0. The van der Waals surface area contributed by atoms with E-state index in [0.717, 1.165) is 32.3 Å². The number of nitrogens with zero attached hydrogens (tertiary/aromatic N) is 1. The zero-order valence-corrected chi connectivity index (χ0v) is 12.8. The van der Waals surface area contributed by atoms with E-state index in [4.69, 9.17) is 9.84 Å². The SMILES string of the molecule is O=C(O)CCN(CC1CCCO1)C(=O)CC1CCCCC1. The van der Waals surface area contributed by atoms with E-state index in [2.05, 4.69) is 0 Å². The molecule has 0 aromatic heterocycles. The Morgan fingerprint density at radius 2 is 1.86 bits per heavy atom. The van der Waals surface area contributed by atoms with Crippen molar-refractivity contribution in [3.63, 3.8) is 0 Å². The maximum absolute atomic E-state index is 12.5. The second-order valence-corrected chi connectivity index (χ2v) is 6.33. The Labute approximate surface area is 126 Å². The minimum atomic E-state index is -0.849. The molecule has 0 bridgehead atoms. The first-order chi connectivity index (χ1) is 10.1. The molecule has 1 aliphatic carbocycles. The summed E-state index contributed by atoms with van der Waals surface area (Å²) in [7, 11) is 0. The van der Waals surface area contributed by atoms with Crippen molar-refractivity contribution in [2.24, 2.45) is 5.92 Å². The fourth-order valence-electron chi connectivity index (χ4n) is 3.35. The number of rotatable bonds is 7. The molecule has 1 N–H and O–H groups in total. The molecule has 5 heteroatoms. The van der Waals surface area contributed by atoms with Crippen LogP contribution in [0.4, 0.5) is 0 Å². The molecule has 0 aromatic carbocycles. The van der Waals surface area contributed by atoms with E-state index >= 15 is 0 Å². The van der Waals surface area contributed by atoms with Crippen LogP contribution in [0.25, 0.3) is 0 Å². The van der Waals surface area contributed by atoms with E-state index < -0.39 is 5.97 Å². The van der Waals surface area contributed by atoms with Crippen LogP contribution in [0, 0.1) is 5.92 Å². The van der Waals surface area contributed by atoms with Crippen molar-refractivity contribution in [1.82, 2.24) is 4.90 Å². The van der Waals surface area contributed by atoms with Crippen molar-refractivity contribution in [1.29, 1.82) is 0 Å². The van der Waals surface area contributed by atoms with Crippen LogP contribution in [0.5, 0.6) is 0 Å². The number of carboxylic acids is 1. The molecule has 2 aliphatic rings. The second kappa shape index (κ2) is 8.37. The molecule has 1 unspecified atom stereocenters. The summed E-state index contributed by atoms with van der Waals surface area (Å²) in [6.45, 7) is 1.62. The Bertz CT molecular complexity index is 346. The Morgan fingerprint density at radius 1 is 1.10 bits per heavy atom. The van der Waals surface area contributed by atoms with Crippen molar-refractivity contribution in [3.05, 3.63) is 0 Å². The van der Waals surface area contributed by atoms with E-state index in [-0.39, 0.29) is 18.4 Å². The van der Waals surface area contributed by atoms with Crippen molar-refractivity contribution >= 4 is 11.9 Å². The minimum absolute atomic E-state index is 0.0170. The molecule has 2 fully saturated rings. The molecule has 21 heavy (non-hydrogen) atoms. The normalized spacial score (nSPS) is 23.1. The molecule has 1 aliphatic heterocycles. The lowest BCUT2D eigenvalue weighted by atomic mass is 9.86. The average Bonchev–Trinajstić information content (AvgIpc) is 2.97. The molecule has 1 saturated carbocycles. The first-order valence-electron chi connectivity index (χ1n) is 8.26. The van der Waals surface area contributed by atoms with Gasteiger partial charge in [0.2, 0.25) is 5.91 Å². The lowest BCUT2D eigenvalue weighted by Gasteiger charge is -2.28. The molecule has 1 amide bonds. The molecular formula is C16H27NO4. The van der Waals surface area contributed by atoms with Crippen LogP contribution in [0.15, 0.2) is 0 Å². The van der Waals surface area contributed by atoms with Crippen LogP contribution in [-0.4, -0.2) is 47.7 Å². The van der Waals surface area contributed by atoms with Gasteiger partial charge in [0.1, 0.15) is 0 Å². The van der Waals surface area contributed by atoms with Gasteiger partial charge in [-0.3, -0.25) is 9.59 Å². The summed E-state index contributed by atoms with van der Waals surface area (Å²) in [5, 5.41) is 8.86. The van der Waals surface area contributed by atoms with Crippen LogP contribution >= 0.6 is 0 Å². The molecule has 1 heterocycles. The van der Waals surface area contributed by atoms with Gasteiger partial charge in [-0.05, 0) is 31.6 Å². The predicted molar refractivity (Wildman–Crippen MR) is 79.0 cm³/mol. The number of carbonyl (C=O) groups is 2. The van der Waals surface area contributed by atoms with Crippen LogP contribution < -0.4 is 0 Å². The maximum Gasteiger partial charge on any atom is 0.305 e. The zero-order valence-electron chi connectivity index (χ0n) is 12.8. The summed E-state index contributed by atoms with van der Waals surface area (Å²) in [5.41, 5.74) is 0. The summed E-state index contributed by atoms with van der Waals surface area (Å²) >= 11 is 0. The Balaban J connectivity index is 1.85. The largest absolute Gasteiger partial charge is 0.481 e. The fourth-order valence-corrected chi connectivity index (χ4v) is 3.35. The highest BCUT2D eigenvalue weighted by molar-refractivity contribution is 5.77. The third-order valence-corrected chi connectivity index (χ3v) is 4.58. The van der Waals surface area contributed by atoms with Crippen molar-refractivity contribution in [2.75, 3.05) is 19.7 Å². The molecular weight excluding hydrogens is 270 g/mol. The third kappa shape index (κ3) is 5.65. The van der Waals surface area contributed by atoms with Gasteiger partial charge in [-0.1, -0.05) is 19.3 Å². The molecule has 0 radical (unpaired) electrons. The van der Waals surface area contributed by atoms with E-state index in [0.29, 0.717) is 25.4 Å². The van der Waals surface area contributed by atoms with E-state index in [1.807, 2.05) is 0 Å². The van der Waals surface area contributed by atoms with E-state index in [1.165, 1.54) is 19.3 Å². The average molecular weight is 297 g/mol. The molecule has 0 spiro atoms. The van der Waals surface area contributed by atoms with Gasteiger partial charge in [0.15, 0.2) is 0 Å². The number of ether oxygens (including phenoxy) is 1. The number of hydrogen-bond acceptors (Lipinski definition) is 3. The zero-order chi connectivity index (χ0) is 15.1. The van der Waals surface area contributed by atoms with Crippen molar-refractivity contribution < 1.29 is 19.4 Å². The topological polar surface area (TPSA) is 66.8 Å². The Kier molecular flexibility index (Phi) is 6.49. The lowest BCUT2D eigenvalue weighted by molar-refractivity contribution is -0.139. The van der Waals surface area contributed by atoms with Crippen LogP contribution in [0.2, 0.25) is 0 Å². The second-order valence-electron chi connectivity index (χ2n) is 6.33. The highest BCUT2D eigenvalue weighted by Crippen LogP contribution is 2.27. The number of carbonyl (C=O) groups excluding carboxylic acids is 1. The molecule has 0 aromatic rings. The molecule has 5 nitrogen and oxygen atoms in total. The summed E-state index contributed by atoms with van der Waals surface area (Å²) in [6.07, 6.45) is 8.69. The summed E-state index contributed by atoms with van der Waals surface area (Å²) in [4.78, 5) is 25.0. The number of carboxylic acid groups (broad SMARTS) is 1. The van der Waals surface area contributed by atoms with Crippen molar-refractivity contribution in [3.8, 4) is 0 Å². The van der Waals surface area contributed by atoms with Gasteiger partial charge in [-0.15, -0.1) is 0 Å². The number of aliphatic carboxylic acids is 1. The predicted octanol–water partition coefficient (Wildman–Crippen LogP) is 2.44. The lowest BCUT2D eigenvalue weighted by Crippen LogP contribution is -2.39. The quantitative estimate of drug-likeness (QED) is 0.784. The highest BCUT2D eigenvalue weighted by atomic mass is 16.5. The first kappa shape index (κ1) is 16.3. The molecule has 1 atom stereocenters. The number of hydrogen-bond donors (Lipinski definition) is 1. The minimum Gasteiger partial charge on any atom is -0.481 e. The van der Waals surface area contributed by atoms with Gasteiger partial charge < -0.3 is 14.7 Å². The fraction of sp³-hybridized carbons (Fsp3) is 0.875. The monoisotopic (exact) mass is 297 g/mol. The van der Waals surface area contributed by atoms with Gasteiger partial charge in [0.05, 0.1) is 12.5 Å². The van der Waals surface area contributed by atoms with Gasteiger partial charge >= 0.3 is 5.97 Å². The van der Waals surface area contributed by atoms with Crippen LogP contribution in [0.1, 0.15) is 57.8 Å². The first-order valence-corrected chi connectivity index (χ1v) is 8.26. The molecule has 2 rings (SSSR count). The van der Waals surface area contributed by atoms with Gasteiger partial charge in [0, 0.05) is 26.1 Å². The smallest absolute Gasteiger partial charge is 0.305 e. The Morgan fingerprint density at radius 3 is 2.48 bits per heavy atom. The summed E-state index contributed by atoms with van der Waals surface area (Å²) in [5.74, 6) is -0.250. The van der Waals surface area contributed by atoms with Crippen LogP contribution in [0.3, 0.4) is 0 Å². The molecule has 1 saturated heterocycles. The van der Waals surface area contributed by atoms with Crippen LogP contribution in [-0.2, 0) is 14.3 Å². The van der Waals surface area contributed by atoms with Gasteiger partial charge in [-0.2, -0.15) is 0 Å². The van der Waals surface area contributed by atoms with Gasteiger partial charge in [0.25, 0.3) is 0 Å².